The first-order chi connectivity index (χ1) is 16.1. The van der Waals surface area contributed by atoms with E-state index in [1.165, 1.54) is 12.3 Å². The minimum absolute atomic E-state index is 0.163. The maximum absolute atomic E-state index is 12.2. The molecule has 0 saturated heterocycles. The molecule has 0 aliphatic rings. The molecule has 7 heteroatoms. The topological polar surface area (TPSA) is 77.0 Å². The minimum atomic E-state index is -0.502. The third-order valence-corrected chi connectivity index (χ3v) is 4.90. The molecule has 4 aromatic rings. The number of benzene rings is 4. The van der Waals surface area contributed by atoms with Crippen LogP contribution >= 0.6 is 11.6 Å². The fraction of sp³-hybridized carbons (Fsp3) is 0.0385. The molecule has 0 spiro atoms. The van der Waals surface area contributed by atoms with Crippen molar-refractivity contribution in [2.75, 3.05) is 6.61 Å². The molecule has 1 N–H and O–H groups in total. The fourth-order valence-corrected chi connectivity index (χ4v) is 3.27. The summed E-state index contributed by atoms with van der Waals surface area (Å²) in [5, 5.41) is 6.37. The summed E-state index contributed by atoms with van der Waals surface area (Å²) in [6.07, 6.45) is 1.48. The summed E-state index contributed by atoms with van der Waals surface area (Å²) in [5.74, 6) is 0.128. The highest BCUT2D eigenvalue weighted by Gasteiger charge is 2.09. The van der Waals surface area contributed by atoms with Crippen LogP contribution in [0.5, 0.6) is 11.5 Å². The molecule has 0 saturated carbocycles. The number of nitrogens with zero attached hydrogens (tertiary/aromatic N) is 1. The monoisotopic (exact) mass is 458 g/mol. The van der Waals surface area contributed by atoms with Crippen LogP contribution in [0.15, 0.2) is 96.1 Å². The van der Waals surface area contributed by atoms with Crippen molar-refractivity contribution in [1.29, 1.82) is 0 Å². The van der Waals surface area contributed by atoms with E-state index in [1.807, 2.05) is 42.5 Å². The smallest absolute Gasteiger partial charge is 0.343 e. The SMILES string of the molecule is O=C(COc1cccc2ccccc12)N/N=C/c1ccc(OC(=O)c2cccc(Cl)c2)cc1. The molecule has 0 aromatic heterocycles. The maximum Gasteiger partial charge on any atom is 0.343 e. The van der Waals surface area contributed by atoms with Gasteiger partial charge in [0, 0.05) is 10.4 Å². The number of fused-ring (bicyclic) bond motifs is 1. The Balaban J connectivity index is 1.27. The second-order valence-corrected chi connectivity index (χ2v) is 7.46. The number of esters is 1. The van der Waals surface area contributed by atoms with Crippen LogP contribution in [0.25, 0.3) is 10.8 Å². The van der Waals surface area contributed by atoms with Gasteiger partial charge in [-0.1, -0.05) is 54.1 Å². The summed E-state index contributed by atoms with van der Waals surface area (Å²) < 4.78 is 11.0. The second kappa shape index (κ2) is 10.4. The molecule has 0 radical (unpaired) electrons. The number of ether oxygens (including phenoxy) is 2. The van der Waals surface area contributed by atoms with E-state index in [1.54, 1.807) is 42.5 Å². The van der Waals surface area contributed by atoms with Gasteiger partial charge in [0.2, 0.25) is 0 Å². The third-order valence-electron chi connectivity index (χ3n) is 4.66. The van der Waals surface area contributed by atoms with Crippen molar-refractivity contribution in [2.24, 2.45) is 5.10 Å². The van der Waals surface area contributed by atoms with Crippen LogP contribution in [-0.2, 0) is 4.79 Å². The van der Waals surface area contributed by atoms with Gasteiger partial charge < -0.3 is 9.47 Å². The summed E-state index contributed by atoms with van der Waals surface area (Å²) in [5.41, 5.74) is 3.51. The molecule has 0 aliphatic heterocycles. The summed E-state index contributed by atoms with van der Waals surface area (Å²) in [7, 11) is 0. The molecule has 4 aromatic carbocycles. The Morgan fingerprint density at radius 3 is 2.48 bits per heavy atom. The normalized spacial score (nSPS) is 10.8. The highest BCUT2D eigenvalue weighted by molar-refractivity contribution is 6.30. The summed E-state index contributed by atoms with van der Waals surface area (Å²) >= 11 is 5.90. The minimum Gasteiger partial charge on any atom is -0.483 e. The Labute approximate surface area is 195 Å². The number of hydrogen-bond donors (Lipinski definition) is 1. The van der Waals surface area contributed by atoms with Crippen LogP contribution in [0.2, 0.25) is 5.02 Å². The first kappa shape index (κ1) is 22.0. The molecular weight excluding hydrogens is 440 g/mol. The van der Waals surface area contributed by atoms with Crippen molar-refractivity contribution in [3.63, 3.8) is 0 Å². The Hall–Kier alpha value is -4.16. The van der Waals surface area contributed by atoms with Crippen LogP contribution in [0.3, 0.4) is 0 Å². The number of halogens is 1. The molecule has 6 nitrogen and oxygen atoms in total. The molecule has 164 valence electrons. The lowest BCUT2D eigenvalue weighted by Crippen LogP contribution is -2.24. The Morgan fingerprint density at radius 1 is 0.909 bits per heavy atom. The number of nitrogens with one attached hydrogen (secondary N) is 1. The van der Waals surface area contributed by atoms with Gasteiger partial charge in [0.1, 0.15) is 11.5 Å². The standard InChI is InChI=1S/C26H19ClN2O4/c27-21-8-3-7-20(15-21)26(31)33-22-13-11-18(12-14-22)16-28-29-25(30)17-32-24-10-4-6-19-5-1-2-9-23(19)24/h1-16H,17H2,(H,29,30)/b28-16+. The van der Waals surface area contributed by atoms with E-state index in [-0.39, 0.29) is 12.5 Å². The van der Waals surface area contributed by atoms with Crippen LogP contribution < -0.4 is 14.9 Å². The van der Waals surface area contributed by atoms with Crippen molar-refractivity contribution < 1.29 is 19.1 Å². The number of carbonyl (C=O) groups is 2. The predicted molar refractivity (Wildman–Crippen MR) is 128 cm³/mol. The van der Waals surface area contributed by atoms with Gasteiger partial charge in [0.15, 0.2) is 6.61 Å². The van der Waals surface area contributed by atoms with E-state index in [4.69, 9.17) is 21.1 Å². The van der Waals surface area contributed by atoms with Crippen LogP contribution in [0, 0.1) is 0 Å². The highest BCUT2D eigenvalue weighted by Crippen LogP contribution is 2.25. The Bertz CT molecular complexity index is 1310. The lowest BCUT2D eigenvalue weighted by molar-refractivity contribution is -0.123. The molecule has 0 fully saturated rings. The molecule has 0 unspecified atom stereocenters. The van der Waals surface area contributed by atoms with Crippen molar-refractivity contribution >= 4 is 40.5 Å². The first-order valence-electron chi connectivity index (χ1n) is 10.1. The van der Waals surface area contributed by atoms with Crippen molar-refractivity contribution in [1.82, 2.24) is 5.43 Å². The molecule has 1 amide bonds. The van der Waals surface area contributed by atoms with Gasteiger partial charge in [0.25, 0.3) is 5.91 Å². The van der Waals surface area contributed by atoms with E-state index < -0.39 is 5.97 Å². The quantitative estimate of drug-likeness (QED) is 0.178. The number of hydrogen-bond acceptors (Lipinski definition) is 5. The lowest BCUT2D eigenvalue weighted by Gasteiger charge is -2.08. The van der Waals surface area contributed by atoms with Gasteiger partial charge in [-0.2, -0.15) is 5.10 Å². The molecule has 33 heavy (non-hydrogen) atoms. The zero-order valence-corrected chi connectivity index (χ0v) is 18.2. The van der Waals surface area contributed by atoms with E-state index in [0.717, 1.165) is 10.8 Å². The fourth-order valence-electron chi connectivity index (χ4n) is 3.08. The van der Waals surface area contributed by atoms with Crippen LogP contribution in [0.1, 0.15) is 15.9 Å². The van der Waals surface area contributed by atoms with E-state index in [2.05, 4.69) is 10.5 Å². The molecule has 0 atom stereocenters. The van der Waals surface area contributed by atoms with Gasteiger partial charge >= 0.3 is 5.97 Å². The number of hydrazone groups is 1. The molecule has 0 bridgehead atoms. The van der Waals surface area contributed by atoms with Gasteiger partial charge in [0.05, 0.1) is 11.8 Å². The van der Waals surface area contributed by atoms with Gasteiger partial charge in [-0.25, -0.2) is 10.2 Å². The molecular formula is C26H19ClN2O4. The second-order valence-electron chi connectivity index (χ2n) is 7.03. The maximum atomic E-state index is 12.2. The summed E-state index contributed by atoms with van der Waals surface area (Å²) in [4.78, 5) is 24.2. The van der Waals surface area contributed by atoms with Crippen molar-refractivity contribution in [2.45, 2.75) is 0 Å². The average Bonchev–Trinajstić information content (AvgIpc) is 2.84. The Morgan fingerprint density at radius 2 is 1.67 bits per heavy atom. The average molecular weight is 459 g/mol. The van der Waals surface area contributed by atoms with Crippen molar-refractivity contribution in [3.8, 4) is 11.5 Å². The van der Waals surface area contributed by atoms with Crippen LogP contribution in [-0.4, -0.2) is 24.7 Å². The van der Waals surface area contributed by atoms with Crippen molar-refractivity contribution in [3.05, 3.63) is 107 Å². The Kier molecular flexibility index (Phi) is 6.97. The predicted octanol–water partition coefficient (Wildman–Crippen LogP) is 5.24. The van der Waals surface area contributed by atoms with E-state index in [9.17, 15) is 9.59 Å². The first-order valence-corrected chi connectivity index (χ1v) is 10.5. The summed E-state index contributed by atoms with van der Waals surface area (Å²) in [6.45, 7) is -0.163. The summed E-state index contributed by atoms with van der Waals surface area (Å²) in [6, 6.07) is 26.7. The third kappa shape index (κ3) is 5.96. The van der Waals surface area contributed by atoms with E-state index in [0.29, 0.717) is 27.6 Å². The molecule has 0 aliphatic carbocycles. The lowest BCUT2D eigenvalue weighted by atomic mass is 10.1. The largest absolute Gasteiger partial charge is 0.483 e. The zero-order valence-electron chi connectivity index (χ0n) is 17.4. The molecule has 0 heterocycles. The number of rotatable bonds is 7. The van der Waals surface area contributed by atoms with Crippen LogP contribution in [0.4, 0.5) is 0 Å². The van der Waals surface area contributed by atoms with Gasteiger partial charge in [-0.05, 0) is 59.5 Å². The zero-order chi connectivity index (χ0) is 23.0. The highest BCUT2D eigenvalue weighted by atomic mass is 35.5. The number of carbonyl (C=O) groups excluding carboxylic acids is 2. The van der Waals surface area contributed by atoms with Gasteiger partial charge in [-0.15, -0.1) is 0 Å². The van der Waals surface area contributed by atoms with E-state index >= 15 is 0 Å². The molecule has 4 rings (SSSR count). The number of amides is 1. The van der Waals surface area contributed by atoms with Gasteiger partial charge in [-0.3, -0.25) is 4.79 Å².